The van der Waals surface area contributed by atoms with Crippen molar-refractivity contribution in [3.05, 3.63) is 39.5 Å². The standard InChI is InChI=1S/C15H9ClO7/c16-7-1-5(2-9(19)12(7)20)15-14(22)13(21)11-8(18)3-6(17)4-10(11)23-15/h1-4,17-20,22H. The Kier molecular flexibility index (Phi) is 3.23. The molecule has 8 heteroatoms. The van der Waals surface area contributed by atoms with Crippen molar-refractivity contribution in [3.63, 3.8) is 0 Å². The van der Waals surface area contributed by atoms with Crippen molar-refractivity contribution < 1.29 is 29.9 Å². The Balaban J connectivity index is 2.40. The lowest BCUT2D eigenvalue weighted by Gasteiger charge is -2.09. The Hall–Kier alpha value is -3.06. The lowest BCUT2D eigenvalue weighted by molar-refractivity contribution is 0.403. The van der Waals surface area contributed by atoms with Crippen molar-refractivity contribution in [1.82, 2.24) is 0 Å². The van der Waals surface area contributed by atoms with Crippen molar-refractivity contribution in [2.45, 2.75) is 0 Å². The first-order valence-corrected chi connectivity index (χ1v) is 6.61. The first kappa shape index (κ1) is 14.9. The molecule has 0 unspecified atom stereocenters. The number of benzene rings is 2. The van der Waals surface area contributed by atoms with E-state index in [0.29, 0.717) is 0 Å². The van der Waals surface area contributed by atoms with Crippen LogP contribution in [0, 0.1) is 0 Å². The van der Waals surface area contributed by atoms with Gasteiger partial charge in [-0.25, -0.2) is 0 Å². The largest absolute Gasteiger partial charge is 0.508 e. The molecule has 5 N–H and O–H groups in total. The summed E-state index contributed by atoms with van der Waals surface area (Å²) in [7, 11) is 0. The molecule has 0 fully saturated rings. The number of phenols is 4. The number of hydrogen-bond acceptors (Lipinski definition) is 7. The van der Waals surface area contributed by atoms with Crippen LogP contribution in [-0.2, 0) is 0 Å². The summed E-state index contributed by atoms with van der Waals surface area (Å²) in [6, 6.07) is 4.22. The van der Waals surface area contributed by atoms with E-state index in [1.54, 1.807) is 0 Å². The average Bonchev–Trinajstić information content (AvgIpc) is 2.47. The predicted molar refractivity (Wildman–Crippen MR) is 81.3 cm³/mol. The normalized spacial score (nSPS) is 11.0. The summed E-state index contributed by atoms with van der Waals surface area (Å²) in [5.41, 5.74) is -1.09. The van der Waals surface area contributed by atoms with Crippen molar-refractivity contribution in [2.24, 2.45) is 0 Å². The summed E-state index contributed by atoms with van der Waals surface area (Å²) < 4.78 is 5.35. The Morgan fingerprint density at radius 1 is 0.870 bits per heavy atom. The zero-order chi connectivity index (χ0) is 16.9. The smallest absolute Gasteiger partial charge is 0.238 e. The Morgan fingerprint density at radius 2 is 1.57 bits per heavy atom. The number of aromatic hydroxyl groups is 5. The van der Waals surface area contributed by atoms with Gasteiger partial charge in [-0.15, -0.1) is 0 Å². The van der Waals surface area contributed by atoms with Crippen molar-refractivity contribution >= 4 is 22.6 Å². The van der Waals surface area contributed by atoms with Gasteiger partial charge in [-0.05, 0) is 12.1 Å². The second-order valence-electron chi connectivity index (χ2n) is 4.77. The van der Waals surface area contributed by atoms with Crippen LogP contribution in [0.2, 0.25) is 5.02 Å². The number of hydrogen-bond donors (Lipinski definition) is 5. The molecule has 0 amide bonds. The highest BCUT2D eigenvalue weighted by Crippen LogP contribution is 2.41. The number of halogens is 1. The molecule has 0 aliphatic heterocycles. The molecular formula is C15H9ClO7. The van der Waals surface area contributed by atoms with Gasteiger partial charge < -0.3 is 29.9 Å². The van der Waals surface area contributed by atoms with E-state index >= 15 is 0 Å². The van der Waals surface area contributed by atoms with E-state index in [4.69, 9.17) is 16.0 Å². The zero-order valence-electron chi connectivity index (χ0n) is 11.2. The third kappa shape index (κ3) is 2.27. The fraction of sp³-hybridized carbons (Fsp3) is 0. The number of phenolic OH excluding ortho intramolecular Hbond substituents is 4. The van der Waals surface area contributed by atoms with Gasteiger partial charge in [-0.2, -0.15) is 0 Å². The fourth-order valence-electron chi connectivity index (χ4n) is 2.19. The van der Waals surface area contributed by atoms with Gasteiger partial charge >= 0.3 is 0 Å². The predicted octanol–water partition coefficient (Wildman–Crippen LogP) is 2.64. The maximum absolute atomic E-state index is 12.2. The molecule has 1 heterocycles. The quantitative estimate of drug-likeness (QED) is 0.431. The molecule has 118 valence electrons. The SMILES string of the molecule is O=c1c(O)c(-c2cc(O)c(O)c(Cl)c2)oc2cc(O)cc(O)c12. The minimum atomic E-state index is -0.928. The molecule has 0 radical (unpaired) electrons. The van der Waals surface area contributed by atoms with Crippen LogP contribution < -0.4 is 5.43 Å². The first-order valence-electron chi connectivity index (χ1n) is 6.23. The zero-order valence-corrected chi connectivity index (χ0v) is 12.0. The summed E-state index contributed by atoms with van der Waals surface area (Å²) >= 11 is 5.74. The van der Waals surface area contributed by atoms with Gasteiger partial charge in [0.15, 0.2) is 17.3 Å². The highest BCUT2D eigenvalue weighted by Gasteiger charge is 2.20. The van der Waals surface area contributed by atoms with Gasteiger partial charge in [0, 0.05) is 17.7 Å². The molecule has 0 aliphatic carbocycles. The highest BCUT2D eigenvalue weighted by atomic mass is 35.5. The molecule has 3 rings (SSSR count). The second-order valence-corrected chi connectivity index (χ2v) is 5.18. The summed E-state index contributed by atoms with van der Waals surface area (Å²) in [4.78, 5) is 12.2. The van der Waals surface area contributed by atoms with Crippen LogP contribution in [0.25, 0.3) is 22.3 Å². The lowest BCUT2D eigenvalue weighted by atomic mass is 10.1. The van der Waals surface area contributed by atoms with E-state index in [1.165, 1.54) is 6.07 Å². The molecule has 7 nitrogen and oxygen atoms in total. The minimum absolute atomic E-state index is 0.0182. The van der Waals surface area contributed by atoms with Crippen molar-refractivity contribution in [2.75, 3.05) is 0 Å². The summed E-state index contributed by atoms with van der Waals surface area (Å²) in [6.07, 6.45) is 0. The van der Waals surface area contributed by atoms with Gasteiger partial charge in [0.25, 0.3) is 0 Å². The fourth-order valence-corrected chi connectivity index (χ4v) is 2.40. The van der Waals surface area contributed by atoms with E-state index in [-0.39, 0.29) is 33.1 Å². The molecule has 0 saturated carbocycles. The van der Waals surface area contributed by atoms with Gasteiger partial charge in [-0.3, -0.25) is 4.79 Å². The van der Waals surface area contributed by atoms with E-state index in [1.807, 2.05) is 0 Å². The van der Waals surface area contributed by atoms with E-state index in [9.17, 15) is 30.3 Å². The molecule has 0 saturated heterocycles. The molecule has 2 aromatic carbocycles. The van der Waals surface area contributed by atoms with Crippen LogP contribution in [0.5, 0.6) is 28.7 Å². The number of rotatable bonds is 1. The summed E-state index contributed by atoms with van der Waals surface area (Å²) in [5, 5.41) is 47.7. The first-order chi connectivity index (χ1) is 10.8. The monoisotopic (exact) mass is 336 g/mol. The third-order valence-electron chi connectivity index (χ3n) is 3.24. The van der Waals surface area contributed by atoms with Gasteiger partial charge in [0.05, 0.1) is 5.02 Å². The molecule has 0 aliphatic rings. The Labute approximate surface area is 132 Å². The molecule has 3 aromatic rings. The van der Waals surface area contributed by atoms with E-state index < -0.39 is 28.4 Å². The molecule has 23 heavy (non-hydrogen) atoms. The highest BCUT2D eigenvalue weighted by molar-refractivity contribution is 6.32. The van der Waals surface area contributed by atoms with E-state index in [2.05, 4.69) is 0 Å². The van der Waals surface area contributed by atoms with E-state index in [0.717, 1.165) is 18.2 Å². The van der Waals surface area contributed by atoms with Gasteiger partial charge in [0.2, 0.25) is 11.2 Å². The summed E-state index contributed by atoms with van der Waals surface area (Å²) in [6.45, 7) is 0. The van der Waals surface area contributed by atoms with Crippen LogP contribution in [0.1, 0.15) is 0 Å². The van der Waals surface area contributed by atoms with Crippen LogP contribution in [0.4, 0.5) is 0 Å². The average molecular weight is 337 g/mol. The Bertz CT molecular complexity index is 984. The van der Waals surface area contributed by atoms with Crippen LogP contribution in [0.3, 0.4) is 0 Å². The second kappa shape index (κ2) is 4.99. The van der Waals surface area contributed by atoms with Crippen LogP contribution in [0.15, 0.2) is 33.5 Å². The Morgan fingerprint density at radius 3 is 2.22 bits per heavy atom. The summed E-state index contributed by atoms with van der Waals surface area (Å²) in [5.74, 6) is -3.20. The van der Waals surface area contributed by atoms with Crippen LogP contribution in [-0.4, -0.2) is 25.5 Å². The molecule has 1 aromatic heterocycles. The van der Waals surface area contributed by atoms with Crippen LogP contribution >= 0.6 is 11.6 Å². The maximum Gasteiger partial charge on any atom is 0.238 e. The number of fused-ring (bicyclic) bond motifs is 1. The lowest BCUT2D eigenvalue weighted by Crippen LogP contribution is -2.03. The third-order valence-corrected chi connectivity index (χ3v) is 3.53. The van der Waals surface area contributed by atoms with Gasteiger partial charge in [-0.1, -0.05) is 11.6 Å². The topological polar surface area (TPSA) is 131 Å². The molecule has 0 spiro atoms. The molecular weight excluding hydrogens is 328 g/mol. The molecule has 0 bridgehead atoms. The maximum atomic E-state index is 12.2. The van der Waals surface area contributed by atoms with Crippen molar-refractivity contribution in [3.8, 4) is 40.1 Å². The van der Waals surface area contributed by atoms with Crippen molar-refractivity contribution in [1.29, 1.82) is 0 Å². The van der Waals surface area contributed by atoms with Gasteiger partial charge in [0.1, 0.15) is 22.5 Å². The molecule has 0 atom stereocenters. The minimum Gasteiger partial charge on any atom is -0.508 e.